The molecule has 8 heteroatoms. The van der Waals surface area contributed by atoms with Gasteiger partial charge in [0.2, 0.25) is 5.91 Å². The van der Waals surface area contributed by atoms with Crippen LogP contribution in [-0.2, 0) is 29.5 Å². The van der Waals surface area contributed by atoms with Crippen LogP contribution in [0.15, 0.2) is 6.33 Å². The average molecular weight is 346 g/mol. The van der Waals surface area contributed by atoms with E-state index in [4.69, 9.17) is 4.74 Å². The molecule has 3 rings (SSSR count). The van der Waals surface area contributed by atoms with Crippen LogP contribution in [-0.4, -0.2) is 57.4 Å². The van der Waals surface area contributed by atoms with Crippen molar-refractivity contribution in [2.75, 3.05) is 26.8 Å². The third-order valence-electron chi connectivity index (χ3n) is 4.88. The summed E-state index contributed by atoms with van der Waals surface area (Å²) in [7, 11) is 3.57. The number of nitrogens with zero attached hydrogens (tertiary/aromatic N) is 4. The number of carbonyl (C=O) groups is 1. The molecular weight excluding hydrogens is 320 g/mol. The molecule has 2 aromatic heterocycles. The Morgan fingerprint density at radius 2 is 2.28 bits per heavy atom. The van der Waals surface area contributed by atoms with E-state index in [9.17, 15) is 4.79 Å². The maximum atomic E-state index is 13.2. The van der Waals surface area contributed by atoms with Gasteiger partial charge in [-0.25, -0.2) is 4.98 Å². The normalized spacial score (nSPS) is 16.7. The standard InChI is InChI=1S/C17H26N6O2/c1-11-13(12(2)22(3)21-11)9-23(7-8-25-4)17(24)16-15-14(5-6-18-16)19-10-20-15/h10,16,18H,5-9H2,1-4H3,(H,19,20)/t16-/m0/s1. The first-order valence-electron chi connectivity index (χ1n) is 8.55. The number of amides is 1. The molecular formula is C17H26N6O2. The Balaban J connectivity index is 1.85. The molecule has 1 atom stereocenters. The number of methoxy groups -OCH3 is 1. The van der Waals surface area contributed by atoms with E-state index < -0.39 is 6.04 Å². The third kappa shape index (κ3) is 3.45. The van der Waals surface area contributed by atoms with Gasteiger partial charge in [0.25, 0.3) is 0 Å². The Bertz CT molecular complexity index is 750. The van der Waals surface area contributed by atoms with Crippen LogP contribution in [0.25, 0.3) is 0 Å². The van der Waals surface area contributed by atoms with Crippen LogP contribution < -0.4 is 5.32 Å². The van der Waals surface area contributed by atoms with Gasteiger partial charge in [-0.15, -0.1) is 0 Å². The summed E-state index contributed by atoms with van der Waals surface area (Å²) < 4.78 is 7.07. The summed E-state index contributed by atoms with van der Waals surface area (Å²) in [5.74, 6) is 0.0211. The second-order valence-corrected chi connectivity index (χ2v) is 6.43. The van der Waals surface area contributed by atoms with Gasteiger partial charge in [-0.05, 0) is 13.8 Å². The summed E-state index contributed by atoms with van der Waals surface area (Å²) in [5, 5.41) is 7.76. The first kappa shape index (κ1) is 17.6. The highest BCUT2D eigenvalue weighted by molar-refractivity contribution is 5.83. The molecule has 0 spiro atoms. The summed E-state index contributed by atoms with van der Waals surface area (Å²) >= 11 is 0. The van der Waals surface area contributed by atoms with Gasteiger partial charge in [0.15, 0.2) is 0 Å². The highest BCUT2D eigenvalue weighted by Crippen LogP contribution is 2.23. The Labute approximate surface area is 147 Å². The lowest BCUT2D eigenvalue weighted by atomic mass is 10.0. The van der Waals surface area contributed by atoms with Gasteiger partial charge >= 0.3 is 0 Å². The lowest BCUT2D eigenvalue weighted by molar-refractivity contribution is -0.135. The quantitative estimate of drug-likeness (QED) is 0.801. The first-order valence-corrected chi connectivity index (χ1v) is 8.55. The van der Waals surface area contributed by atoms with E-state index in [2.05, 4.69) is 20.4 Å². The zero-order chi connectivity index (χ0) is 18.0. The lowest BCUT2D eigenvalue weighted by Gasteiger charge is -2.29. The zero-order valence-electron chi connectivity index (χ0n) is 15.3. The van der Waals surface area contributed by atoms with Crippen molar-refractivity contribution in [2.45, 2.75) is 32.9 Å². The molecule has 0 fully saturated rings. The van der Waals surface area contributed by atoms with Crippen molar-refractivity contribution < 1.29 is 9.53 Å². The molecule has 0 saturated heterocycles. The summed E-state index contributed by atoms with van der Waals surface area (Å²) in [6.07, 6.45) is 2.52. The molecule has 2 N–H and O–H groups in total. The third-order valence-corrected chi connectivity index (χ3v) is 4.88. The van der Waals surface area contributed by atoms with E-state index in [0.29, 0.717) is 19.7 Å². The van der Waals surface area contributed by atoms with Gasteiger partial charge in [-0.2, -0.15) is 5.10 Å². The van der Waals surface area contributed by atoms with Crippen LogP contribution in [0.2, 0.25) is 0 Å². The van der Waals surface area contributed by atoms with E-state index in [1.165, 1.54) is 0 Å². The number of aromatic nitrogens is 4. The zero-order valence-corrected chi connectivity index (χ0v) is 15.3. The highest BCUT2D eigenvalue weighted by Gasteiger charge is 2.32. The highest BCUT2D eigenvalue weighted by atomic mass is 16.5. The van der Waals surface area contributed by atoms with Crippen molar-refractivity contribution in [3.05, 3.63) is 34.7 Å². The summed E-state index contributed by atoms with van der Waals surface area (Å²) in [6, 6.07) is -0.413. The molecule has 0 bridgehead atoms. The van der Waals surface area contributed by atoms with Crippen LogP contribution in [0.4, 0.5) is 0 Å². The maximum Gasteiger partial charge on any atom is 0.246 e. The first-order chi connectivity index (χ1) is 12.0. The number of fused-ring (bicyclic) bond motifs is 1. The van der Waals surface area contributed by atoms with Gasteiger partial charge in [0.05, 0.1) is 24.3 Å². The molecule has 0 unspecified atom stereocenters. The Hall–Kier alpha value is -2.19. The van der Waals surface area contributed by atoms with Gasteiger partial charge in [-0.3, -0.25) is 9.48 Å². The van der Waals surface area contributed by atoms with Gasteiger partial charge in [0.1, 0.15) is 6.04 Å². The molecule has 0 saturated carbocycles. The second kappa shape index (κ2) is 7.37. The fourth-order valence-electron chi connectivity index (χ4n) is 3.31. The van der Waals surface area contributed by atoms with Crippen LogP contribution in [0.1, 0.15) is 34.4 Å². The Morgan fingerprint density at radius 3 is 2.96 bits per heavy atom. The van der Waals surface area contributed by atoms with Crippen molar-refractivity contribution in [3.8, 4) is 0 Å². The summed E-state index contributed by atoms with van der Waals surface area (Å²) in [5.41, 5.74) is 4.96. The molecule has 1 amide bonds. The summed E-state index contributed by atoms with van der Waals surface area (Å²) in [4.78, 5) is 22.6. The molecule has 0 radical (unpaired) electrons. The van der Waals surface area contributed by atoms with E-state index in [1.807, 2.05) is 30.5 Å². The molecule has 8 nitrogen and oxygen atoms in total. The van der Waals surface area contributed by atoms with Crippen molar-refractivity contribution >= 4 is 5.91 Å². The van der Waals surface area contributed by atoms with Gasteiger partial charge in [0, 0.05) is 57.2 Å². The Kier molecular flexibility index (Phi) is 5.19. The van der Waals surface area contributed by atoms with Crippen molar-refractivity contribution in [1.29, 1.82) is 0 Å². The lowest BCUT2D eigenvalue weighted by Crippen LogP contribution is -2.44. The number of carbonyl (C=O) groups excluding carboxylic acids is 1. The molecule has 3 heterocycles. The van der Waals surface area contributed by atoms with Crippen LogP contribution in [0, 0.1) is 13.8 Å². The molecule has 136 valence electrons. The predicted molar refractivity (Wildman–Crippen MR) is 93.0 cm³/mol. The number of hydrogen-bond donors (Lipinski definition) is 2. The van der Waals surface area contributed by atoms with Crippen molar-refractivity contribution in [2.24, 2.45) is 7.05 Å². The fraction of sp³-hybridized carbons (Fsp3) is 0.588. The van der Waals surface area contributed by atoms with Crippen molar-refractivity contribution in [1.82, 2.24) is 30.0 Å². The number of nitrogens with one attached hydrogen (secondary N) is 2. The predicted octanol–water partition coefficient (Wildman–Crippen LogP) is 0.622. The summed E-state index contributed by atoms with van der Waals surface area (Å²) in [6.45, 7) is 6.30. The minimum Gasteiger partial charge on any atom is -0.383 e. The van der Waals surface area contributed by atoms with E-state index in [-0.39, 0.29) is 5.91 Å². The monoisotopic (exact) mass is 346 g/mol. The second-order valence-electron chi connectivity index (χ2n) is 6.43. The van der Waals surface area contributed by atoms with Crippen LogP contribution in [0.3, 0.4) is 0 Å². The minimum absolute atomic E-state index is 0.0211. The van der Waals surface area contributed by atoms with Gasteiger partial charge < -0.3 is 19.9 Å². The number of rotatable bonds is 6. The number of H-pyrrole nitrogens is 1. The number of ether oxygens (including phenoxy) is 1. The average Bonchev–Trinajstić information content (AvgIpc) is 3.17. The fourth-order valence-corrected chi connectivity index (χ4v) is 3.31. The van der Waals surface area contributed by atoms with Crippen LogP contribution in [0.5, 0.6) is 0 Å². The van der Waals surface area contributed by atoms with E-state index >= 15 is 0 Å². The van der Waals surface area contributed by atoms with E-state index in [0.717, 1.165) is 41.3 Å². The molecule has 0 aromatic carbocycles. The smallest absolute Gasteiger partial charge is 0.246 e. The maximum absolute atomic E-state index is 13.2. The largest absolute Gasteiger partial charge is 0.383 e. The number of aryl methyl sites for hydroxylation is 2. The minimum atomic E-state index is -0.413. The molecule has 0 aliphatic carbocycles. The number of imidazole rings is 1. The molecule has 1 aliphatic heterocycles. The van der Waals surface area contributed by atoms with Gasteiger partial charge in [-0.1, -0.05) is 0 Å². The Morgan fingerprint density at radius 1 is 1.48 bits per heavy atom. The van der Waals surface area contributed by atoms with Crippen LogP contribution >= 0.6 is 0 Å². The SMILES string of the molecule is COCCN(Cc1c(C)nn(C)c1C)C(=O)[C@H]1NCCc2[nH]cnc21. The molecule has 1 aliphatic rings. The number of hydrogen-bond acceptors (Lipinski definition) is 5. The molecule has 2 aromatic rings. The molecule has 25 heavy (non-hydrogen) atoms. The topological polar surface area (TPSA) is 88.1 Å². The number of aromatic amines is 1. The van der Waals surface area contributed by atoms with Crippen molar-refractivity contribution in [3.63, 3.8) is 0 Å². The van der Waals surface area contributed by atoms with E-state index in [1.54, 1.807) is 13.4 Å².